The first kappa shape index (κ1) is 12.9. The zero-order chi connectivity index (χ0) is 13.2. The fourth-order valence-corrected chi connectivity index (χ4v) is 2.66. The van der Waals surface area contributed by atoms with Gasteiger partial charge >= 0.3 is 0 Å². The van der Waals surface area contributed by atoms with Gasteiger partial charge in [-0.1, -0.05) is 27.7 Å². The number of hydrogen-bond acceptors (Lipinski definition) is 5. The van der Waals surface area contributed by atoms with Crippen LogP contribution in [-0.2, 0) is 13.1 Å². The summed E-state index contributed by atoms with van der Waals surface area (Å²) in [6.07, 6.45) is 1.99. The van der Waals surface area contributed by atoms with E-state index in [2.05, 4.69) is 36.5 Å². The molecular weight excluding hydrogens is 324 g/mol. The van der Waals surface area contributed by atoms with Gasteiger partial charge in [-0.05, 0) is 30.5 Å². The van der Waals surface area contributed by atoms with Crippen molar-refractivity contribution in [1.82, 2.24) is 15.3 Å². The Balaban J connectivity index is 1.95. The first-order valence-electron chi connectivity index (χ1n) is 5.93. The Labute approximate surface area is 124 Å². The van der Waals surface area contributed by atoms with Crippen LogP contribution in [0, 0.1) is 0 Å². The van der Waals surface area contributed by atoms with Gasteiger partial charge in [0.1, 0.15) is 5.82 Å². The van der Waals surface area contributed by atoms with Crippen LogP contribution in [-0.4, -0.2) is 16.2 Å². The Bertz CT molecular complexity index is 600. The van der Waals surface area contributed by atoms with Crippen molar-refractivity contribution in [3.63, 3.8) is 0 Å². The Kier molecular flexibility index (Phi) is 3.72. The maximum Gasteiger partial charge on any atom is 0.189 e. The molecule has 19 heavy (non-hydrogen) atoms. The Morgan fingerprint density at radius 2 is 2.00 bits per heavy atom. The molecule has 0 unspecified atom stereocenters. The molecule has 0 aliphatic carbocycles. The molecule has 1 aliphatic heterocycles. The second kappa shape index (κ2) is 5.48. The third-order valence-corrected chi connectivity index (χ3v) is 4.03. The number of benzene rings is 1. The first-order chi connectivity index (χ1) is 9.26. The molecule has 98 valence electrons. The highest BCUT2D eigenvalue weighted by atomic mass is 79.9. The maximum atomic E-state index is 4.57. The van der Waals surface area contributed by atoms with Crippen LogP contribution >= 0.6 is 27.7 Å². The summed E-state index contributed by atoms with van der Waals surface area (Å²) in [5.74, 6) is 0.904. The number of aromatic nitrogens is 2. The largest absolute Gasteiger partial charge is 0.340 e. The summed E-state index contributed by atoms with van der Waals surface area (Å²) in [6.45, 7) is 1.64. The van der Waals surface area contributed by atoms with Crippen molar-refractivity contribution in [3.05, 3.63) is 40.0 Å². The van der Waals surface area contributed by atoms with Crippen molar-refractivity contribution in [2.24, 2.45) is 0 Å². The van der Waals surface area contributed by atoms with Gasteiger partial charge in [0.2, 0.25) is 0 Å². The van der Waals surface area contributed by atoms with E-state index in [-0.39, 0.29) is 0 Å². The van der Waals surface area contributed by atoms with Crippen LogP contribution in [0.25, 0.3) is 0 Å². The third-order valence-electron chi connectivity index (χ3n) is 2.96. The number of rotatable bonds is 3. The van der Waals surface area contributed by atoms with Gasteiger partial charge in [0, 0.05) is 28.8 Å². The number of thioether (sulfide) groups is 1. The van der Waals surface area contributed by atoms with Crippen LogP contribution in [0.15, 0.2) is 33.9 Å². The van der Waals surface area contributed by atoms with E-state index >= 15 is 0 Å². The number of halogens is 1. The predicted octanol–water partition coefficient (Wildman–Crippen LogP) is 3.31. The van der Waals surface area contributed by atoms with E-state index in [1.165, 1.54) is 5.56 Å². The fourth-order valence-electron chi connectivity index (χ4n) is 2.01. The Hall–Kier alpha value is -1.11. The van der Waals surface area contributed by atoms with E-state index in [0.717, 1.165) is 39.9 Å². The number of anilines is 2. The van der Waals surface area contributed by atoms with Crippen LogP contribution in [0.1, 0.15) is 11.3 Å². The summed E-state index contributed by atoms with van der Waals surface area (Å²) >= 11 is 5.00. The average Bonchev–Trinajstić information content (AvgIpc) is 2.89. The summed E-state index contributed by atoms with van der Waals surface area (Å²) in [5.41, 5.74) is 3.29. The molecule has 4 nitrogen and oxygen atoms in total. The minimum Gasteiger partial charge on any atom is -0.340 e. The lowest BCUT2D eigenvalue weighted by Gasteiger charge is -2.11. The molecular formula is C13H13BrN4S. The van der Waals surface area contributed by atoms with Gasteiger partial charge in [-0.15, -0.1) is 0 Å². The molecule has 0 spiro atoms. The SMILES string of the molecule is CSc1nc2c(c(Nc3ccc(Br)cc3)n1)CNC2. The lowest BCUT2D eigenvalue weighted by atomic mass is 10.2. The molecule has 1 aliphatic rings. The zero-order valence-corrected chi connectivity index (χ0v) is 12.8. The van der Waals surface area contributed by atoms with Gasteiger partial charge < -0.3 is 10.6 Å². The van der Waals surface area contributed by atoms with Crippen LogP contribution in [0.4, 0.5) is 11.5 Å². The summed E-state index contributed by atoms with van der Waals surface area (Å²) in [4.78, 5) is 9.10. The second-order valence-electron chi connectivity index (χ2n) is 4.22. The Morgan fingerprint density at radius 1 is 1.21 bits per heavy atom. The molecule has 0 radical (unpaired) electrons. The van der Waals surface area contributed by atoms with Crippen LogP contribution in [0.3, 0.4) is 0 Å². The van der Waals surface area contributed by atoms with Crippen molar-refractivity contribution in [1.29, 1.82) is 0 Å². The number of nitrogens with one attached hydrogen (secondary N) is 2. The van der Waals surface area contributed by atoms with Crippen molar-refractivity contribution >= 4 is 39.2 Å². The van der Waals surface area contributed by atoms with Crippen LogP contribution in [0.5, 0.6) is 0 Å². The van der Waals surface area contributed by atoms with E-state index in [1.54, 1.807) is 11.8 Å². The van der Waals surface area contributed by atoms with E-state index in [4.69, 9.17) is 0 Å². The first-order valence-corrected chi connectivity index (χ1v) is 7.95. The number of hydrogen-bond donors (Lipinski definition) is 2. The van der Waals surface area contributed by atoms with Crippen molar-refractivity contribution in [2.75, 3.05) is 11.6 Å². The fraction of sp³-hybridized carbons (Fsp3) is 0.231. The van der Waals surface area contributed by atoms with Gasteiger partial charge in [-0.3, -0.25) is 0 Å². The molecule has 0 atom stereocenters. The topological polar surface area (TPSA) is 49.8 Å². The van der Waals surface area contributed by atoms with Gasteiger partial charge in [-0.2, -0.15) is 0 Å². The van der Waals surface area contributed by atoms with Crippen molar-refractivity contribution < 1.29 is 0 Å². The molecule has 1 aromatic carbocycles. The molecule has 0 saturated carbocycles. The number of fused-ring (bicyclic) bond motifs is 1. The maximum absolute atomic E-state index is 4.57. The van der Waals surface area contributed by atoms with Gasteiger partial charge in [0.15, 0.2) is 5.16 Å². The highest BCUT2D eigenvalue weighted by molar-refractivity contribution is 9.10. The molecule has 0 bridgehead atoms. The summed E-state index contributed by atoms with van der Waals surface area (Å²) in [5, 5.41) is 7.50. The highest BCUT2D eigenvalue weighted by Crippen LogP contribution is 2.27. The van der Waals surface area contributed by atoms with E-state index < -0.39 is 0 Å². The molecule has 0 fully saturated rings. The van der Waals surface area contributed by atoms with E-state index in [0.29, 0.717) is 0 Å². The molecule has 0 amide bonds. The monoisotopic (exact) mass is 336 g/mol. The summed E-state index contributed by atoms with van der Waals surface area (Å²) in [7, 11) is 0. The highest BCUT2D eigenvalue weighted by Gasteiger charge is 2.18. The second-order valence-corrected chi connectivity index (χ2v) is 5.91. The van der Waals surface area contributed by atoms with E-state index in [1.807, 2.05) is 30.5 Å². The average molecular weight is 337 g/mol. The lowest BCUT2D eigenvalue weighted by molar-refractivity contribution is 0.754. The standard InChI is InChI=1S/C13H13BrN4S/c1-19-13-17-11-7-15-6-10(11)12(18-13)16-9-4-2-8(14)3-5-9/h2-5,15H,6-7H2,1H3,(H,16,17,18). The quantitative estimate of drug-likeness (QED) is 0.665. The number of nitrogens with zero attached hydrogens (tertiary/aromatic N) is 2. The summed E-state index contributed by atoms with van der Waals surface area (Å²) in [6, 6.07) is 8.08. The van der Waals surface area contributed by atoms with Crippen molar-refractivity contribution in [3.8, 4) is 0 Å². The minimum atomic E-state index is 0.807. The molecule has 1 aromatic heterocycles. The molecule has 3 rings (SSSR count). The molecule has 2 N–H and O–H groups in total. The smallest absolute Gasteiger partial charge is 0.189 e. The van der Waals surface area contributed by atoms with Crippen LogP contribution < -0.4 is 10.6 Å². The molecule has 6 heteroatoms. The van der Waals surface area contributed by atoms with E-state index in [9.17, 15) is 0 Å². The van der Waals surface area contributed by atoms with Gasteiger partial charge in [0.25, 0.3) is 0 Å². The normalized spacial score (nSPS) is 13.4. The summed E-state index contributed by atoms with van der Waals surface area (Å²) < 4.78 is 1.07. The van der Waals surface area contributed by atoms with Crippen LogP contribution in [0.2, 0.25) is 0 Å². The van der Waals surface area contributed by atoms with Crippen molar-refractivity contribution in [2.45, 2.75) is 18.2 Å². The zero-order valence-electron chi connectivity index (χ0n) is 10.4. The molecule has 0 saturated heterocycles. The van der Waals surface area contributed by atoms with Gasteiger partial charge in [0.05, 0.1) is 5.69 Å². The lowest BCUT2D eigenvalue weighted by Crippen LogP contribution is -2.03. The minimum absolute atomic E-state index is 0.807. The molecule has 2 heterocycles. The Morgan fingerprint density at radius 3 is 2.74 bits per heavy atom. The molecule has 2 aromatic rings. The third kappa shape index (κ3) is 2.75. The van der Waals surface area contributed by atoms with Gasteiger partial charge in [-0.25, -0.2) is 9.97 Å². The predicted molar refractivity (Wildman–Crippen MR) is 81.8 cm³/mol.